The first-order valence-corrected chi connectivity index (χ1v) is 6.46. The normalized spacial score (nSPS) is 20.7. The molecular formula is C14H21N3O. The molecule has 1 aliphatic heterocycles. The molecule has 1 aromatic rings. The Morgan fingerprint density at radius 2 is 2.28 bits per heavy atom. The third-order valence-electron chi connectivity index (χ3n) is 3.17. The van der Waals surface area contributed by atoms with Crippen molar-refractivity contribution in [1.29, 1.82) is 0 Å². The number of hydrogen-bond acceptors (Lipinski definition) is 3. The average molecular weight is 247 g/mol. The second kappa shape index (κ2) is 5.98. The van der Waals surface area contributed by atoms with Gasteiger partial charge in [0.05, 0.1) is 0 Å². The molecule has 1 aliphatic rings. The molecule has 1 heterocycles. The smallest absolute Gasteiger partial charge is 0.221 e. The molecule has 4 heteroatoms. The maximum absolute atomic E-state index is 11.2. The van der Waals surface area contributed by atoms with E-state index in [0.717, 1.165) is 31.9 Å². The molecule has 2 N–H and O–H groups in total. The van der Waals surface area contributed by atoms with Crippen molar-refractivity contribution in [3.8, 4) is 0 Å². The Kier molecular flexibility index (Phi) is 4.33. The second-order valence-electron chi connectivity index (χ2n) is 4.93. The highest BCUT2D eigenvalue weighted by atomic mass is 16.1. The van der Waals surface area contributed by atoms with Gasteiger partial charge in [-0.1, -0.05) is 18.2 Å². The first-order chi connectivity index (χ1) is 8.65. The van der Waals surface area contributed by atoms with Crippen molar-refractivity contribution >= 4 is 11.6 Å². The van der Waals surface area contributed by atoms with Crippen LogP contribution in [-0.4, -0.2) is 36.5 Å². The average Bonchev–Trinajstić information content (AvgIpc) is 2.31. The minimum atomic E-state index is -0.0175. The molecule has 1 fully saturated rings. The van der Waals surface area contributed by atoms with Gasteiger partial charge in [-0.3, -0.25) is 9.69 Å². The second-order valence-corrected chi connectivity index (χ2v) is 4.93. The van der Waals surface area contributed by atoms with Crippen molar-refractivity contribution in [2.24, 2.45) is 0 Å². The Bertz CT molecular complexity index is 419. The zero-order chi connectivity index (χ0) is 13.0. The van der Waals surface area contributed by atoms with Gasteiger partial charge in [-0.2, -0.15) is 0 Å². The fourth-order valence-electron chi connectivity index (χ4n) is 2.37. The van der Waals surface area contributed by atoms with Gasteiger partial charge >= 0.3 is 0 Å². The van der Waals surface area contributed by atoms with Crippen LogP contribution in [0, 0.1) is 0 Å². The van der Waals surface area contributed by atoms with Gasteiger partial charge in [-0.15, -0.1) is 0 Å². The standard InChI is InChI=1S/C14H21N3O/c1-11-9-17(8-7-15-11)10-13-5-3-4-6-14(13)16-12(2)18/h3-6,11,15H,7-10H2,1-2H3,(H,16,18)/t11-/m0/s1. The molecule has 98 valence electrons. The minimum absolute atomic E-state index is 0.0175. The number of nitrogens with zero attached hydrogens (tertiary/aromatic N) is 1. The van der Waals surface area contributed by atoms with Gasteiger partial charge in [0.2, 0.25) is 5.91 Å². The van der Waals surface area contributed by atoms with Crippen LogP contribution in [0.15, 0.2) is 24.3 Å². The summed E-state index contributed by atoms with van der Waals surface area (Å²) in [7, 11) is 0. The lowest BCUT2D eigenvalue weighted by Gasteiger charge is -2.32. The Hall–Kier alpha value is -1.39. The first kappa shape index (κ1) is 13.1. The monoisotopic (exact) mass is 247 g/mol. The third kappa shape index (κ3) is 3.55. The highest BCUT2D eigenvalue weighted by molar-refractivity contribution is 5.89. The summed E-state index contributed by atoms with van der Waals surface area (Å²) in [4.78, 5) is 13.6. The molecule has 0 radical (unpaired) electrons. The summed E-state index contributed by atoms with van der Waals surface area (Å²) in [6, 6.07) is 8.55. The lowest BCUT2D eigenvalue weighted by atomic mass is 10.1. The van der Waals surface area contributed by atoms with Crippen molar-refractivity contribution < 1.29 is 4.79 Å². The fraction of sp³-hybridized carbons (Fsp3) is 0.500. The Balaban J connectivity index is 2.05. The largest absolute Gasteiger partial charge is 0.326 e. The number of carbonyl (C=O) groups excluding carboxylic acids is 1. The molecule has 4 nitrogen and oxygen atoms in total. The molecule has 0 bridgehead atoms. The lowest BCUT2D eigenvalue weighted by molar-refractivity contribution is -0.114. The number of nitrogens with one attached hydrogen (secondary N) is 2. The molecule has 1 saturated heterocycles. The Morgan fingerprint density at radius 3 is 3.00 bits per heavy atom. The van der Waals surface area contributed by atoms with Crippen LogP contribution in [0.5, 0.6) is 0 Å². The minimum Gasteiger partial charge on any atom is -0.326 e. The van der Waals surface area contributed by atoms with E-state index in [0.29, 0.717) is 6.04 Å². The van der Waals surface area contributed by atoms with Crippen LogP contribution in [0.4, 0.5) is 5.69 Å². The summed E-state index contributed by atoms with van der Waals surface area (Å²) < 4.78 is 0. The molecule has 0 aromatic heterocycles. The molecule has 0 aliphatic carbocycles. The fourth-order valence-corrected chi connectivity index (χ4v) is 2.37. The molecule has 1 amide bonds. The van der Waals surface area contributed by atoms with Gasteiger partial charge < -0.3 is 10.6 Å². The van der Waals surface area contributed by atoms with Crippen molar-refractivity contribution in [2.75, 3.05) is 25.0 Å². The number of amides is 1. The Labute approximate surface area is 108 Å². The highest BCUT2D eigenvalue weighted by Crippen LogP contribution is 2.17. The number of para-hydroxylation sites is 1. The van der Waals surface area contributed by atoms with Gasteiger partial charge in [0.1, 0.15) is 0 Å². The van der Waals surface area contributed by atoms with Crippen LogP contribution in [0.25, 0.3) is 0 Å². The van der Waals surface area contributed by atoms with E-state index >= 15 is 0 Å². The summed E-state index contributed by atoms with van der Waals surface area (Å²) in [5.41, 5.74) is 2.11. The van der Waals surface area contributed by atoms with Crippen LogP contribution < -0.4 is 10.6 Å². The van der Waals surface area contributed by atoms with Crippen molar-refractivity contribution in [1.82, 2.24) is 10.2 Å². The summed E-state index contributed by atoms with van der Waals surface area (Å²) in [6.45, 7) is 7.77. The van der Waals surface area contributed by atoms with E-state index in [2.05, 4.69) is 28.5 Å². The summed E-state index contributed by atoms with van der Waals surface area (Å²) >= 11 is 0. The van der Waals surface area contributed by atoms with Crippen molar-refractivity contribution in [3.63, 3.8) is 0 Å². The third-order valence-corrected chi connectivity index (χ3v) is 3.17. The molecule has 0 unspecified atom stereocenters. The molecule has 1 aromatic carbocycles. The van der Waals surface area contributed by atoms with E-state index in [9.17, 15) is 4.79 Å². The van der Waals surface area contributed by atoms with Gasteiger partial charge in [-0.25, -0.2) is 0 Å². The molecule has 2 rings (SSSR count). The number of anilines is 1. The number of carbonyl (C=O) groups is 1. The summed E-state index contributed by atoms with van der Waals surface area (Å²) in [5, 5.41) is 6.33. The predicted octanol–water partition coefficient (Wildman–Crippen LogP) is 1.44. The predicted molar refractivity (Wildman–Crippen MR) is 73.5 cm³/mol. The zero-order valence-corrected chi connectivity index (χ0v) is 11.1. The SMILES string of the molecule is CC(=O)Nc1ccccc1CN1CCN[C@@H](C)C1. The zero-order valence-electron chi connectivity index (χ0n) is 11.1. The maximum atomic E-state index is 11.2. The van der Waals surface area contributed by atoms with E-state index in [4.69, 9.17) is 0 Å². The first-order valence-electron chi connectivity index (χ1n) is 6.46. The molecule has 18 heavy (non-hydrogen) atoms. The van der Waals surface area contributed by atoms with Gasteiger partial charge in [-0.05, 0) is 18.6 Å². The number of piperazine rings is 1. The van der Waals surface area contributed by atoms with Crippen LogP contribution in [0.3, 0.4) is 0 Å². The van der Waals surface area contributed by atoms with Crippen LogP contribution >= 0.6 is 0 Å². The molecular weight excluding hydrogens is 226 g/mol. The number of rotatable bonds is 3. The Morgan fingerprint density at radius 1 is 1.50 bits per heavy atom. The summed E-state index contributed by atoms with van der Waals surface area (Å²) in [6.07, 6.45) is 0. The summed E-state index contributed by atoms with van der Waals surface area (Å²) in [5.74, 6) is -0.0175. The van der Waals surface area contributed by atoms with E-state index < -0.39 is 0 Å². The van der Waals surface area contributed by atoms with E-state index in [-0.39, 0.29) is 5.91 Å². The number of hydrogen-bond donors (Lipinski definition) is 2. The maximum Gasteiger partial charge on any atom is 0.221 e. The van der Waals surface area contributed by atoms with Gasteiger partial charge in [0.25, 0.3) is 0 Å². The lowest BCUT2D eigenvalue weighted by Crippen LogP contribution is -2.48. The van der Waals surface area contributed by atoms with E-state index in [1.54, 1.807) is 6.92 Å². The van der Waals surface area contributed by atoms with Crippen LogP contribution in [0.1, 0.15) is 19.4 Å². The van der Waals surface area contributed by atoms with Crippen molar-refractivity contribution in [2.45, 2.75) is 26.4 Å². The van der Waals surface area contributed by atoms with Crippen molar-refractivity contribution in [3.05, 3.63) is 29.8 Å². The van der Waals surface area contributed by atoms with Gasteiger partial charge in [0, 0.05) is 44.8 Å². The van der Waals surface area contributed by atoms with Gasteiger partial charge in [0.15, 0.2) is 0 Å². The number of benzene rings is 1. The molecule has 0 saturated carbocycles. The topological polar surface area (TPSA) is 44.4 Å². The van der Waals surface area contributed by atoms with Crippen LogP contribution in [-0.2, 0) is 11.3 Å². The molecule has 0 spiro atoms. The highest BCUT2D eigenvalue weighted by Gasteiger charge is 2.16. The van der Waals surface area contributed by atoms with E-state index in [1.165, 1.54) is 5.56 Å². The molecule has 1 atom stereocenters. The van der Waals surface area contributed by atoms with E-state index in [1.807, 2.05) is 18.2 Å². The quantitative estimate of drug-likeness (QED) is 0.849. The van der Waals surface area contributed by atoms with Crippen LogP contribution in [0.2, 0.25) is 0 Å².